The predicted octanol–water partition coefficient (Wildman–Crippen LogP) is 1.23. The molecule has 1 aromatic carbocycles. The highest BCUT2D eigenvalue weighted by molar-refractivity contribution is 5.84. The monoisotopic (exact) mass is 264 g/mol. The Labute approximate surface area is 111 Å². The molecule has 1 saturated heterocycles. The second-order valence-electron chi connectivity index (χ2n) is 4.45. The van der Waals surface area contributed by atoms with Crippen LogP contribution in [0.1, 0.15) is 18.5 Å². The number of nitrogens with one attached hydrogen (secondary N) is 1. The summed E-state index contributed by atoms with van der Waals surface area (Å²) in [5.41, 5.74) is 0.896. The first-order valence-corrected chi connectivity index (χ1v) is 5.97. The van der Waals surface area contributed by atoms with Gasteiger partial charge >= 0.3 is 12.0 Å². The molecule has 0 radical (unpaired) electrons. The largest absolute Gasteiger partial charge is 0.497 e. The van der Waals surface area contributed by atoms with Crippen LogP contribution in [0.15, 0.2) is 24.3 Å². The van der Waals surface area contributed by atoms with E-state index in [2.05, 4.69) is 5.32 Å². The predicted molar refractivity (Wildman–Crippen MR) is 68.1 cm³/mol. The van der Waals surface area contributed by atoms with Crippen LogP contribution in [0.2, 0.25) is 0 Å². The number of benzene rings is 1. The molecule has 2 unspecified atom stereocenters. The lowest BCUT2D eigenvalue weighted by Crippen LogP contribution is -2.40. The molecule has 19 heavy (non-hydrogen) atoms. The standard InChI is InChI=1S/C13H16N2O4/c1-8(12(16)17)15-7-11(14-13(15)18)9-4-3-5-10(6-9)19-2/h3-6,8,11H,7H2,1-2H3,(H,14,18)(H,16,17). The Morgan fingerprint density at radius 2 is 2.32 bits per heavy atom. The molecule has 0 bridgehead atoms. The Morgan fingerprint density at radius 1 is 1.58 bits per heavy atom. The molecule has 1 fully saturated rings. The van der Waals surface area contributed by atoms with Gasteiger partial charge in [0.15, 0.2) is 0 Å². The fourth-order valence-electron chi connectivity index (χ4n) is 2.07. The summed E-state index contributed by atoms with van der Waals surface area (Å²) < 4.78 is 5.13. The molecule has 0 aromatic heterocycles. The maximum absolute atomic E-state index is 11.8. The van der Waals surface area contributed by atoms with Crippen LogP contribution in [0, 0.1) is 0 Å². The van der Waals surface area contributed by atoms with Crippen LogP contribution in [-0.2, 0) is 4.79 Å². The molecule has 1 aliphatic heterocycles. The number of nitrogens with zero attached hydrogens (tertiary/aromatic N) is 1. The molecular weight excluding hydrogens is 248 g/mol. The quantitative estimate of drug-likeness (QED) is 0.857. The zero-order valence-electron chi connectivity index (χ0n) is 10.8. The molecule has 2 amide bonds. The summed E-state index contributed by atoms with van der Waals surface area (Å²) in [6.07, 6.45) is 0. The van der Waals surface area contributed by atoms with Crippen molar-refractivity contribution in [3.8, 4) is 5.75 Å². The van der Waals surface area contributed by atoms with E-state index in [1.165, 1.54) is 11.8 Å². The molecule has 102 valence electrons. The van der Waals surface area contributed by atoms with Gasteiger partial charge in [0, 0.05) is 6.54 Å². The van der Waals surface area contributed by atoms with Crippen LogP contribution in [0.25, 0.3) is 0 Å². The number of carboxylic acid groups (broad SMARTS) is 1. The Morgan fingerprint density at radius 3 is 2.95 bits per heavy atom. The number of ether oxygens (including phenoxy) is 1. The number of hydrogen-bond donors (Lipinski definition) is 2. The van der Waals surface area contributed by atoms with Crippen LogP contribution < -0.4 is 10.1 Å². The number of urea groups is 1. The summed E-state index contributed by atoms with van der Waals surface area (Å²) in [4.78, 5) is 24.0. The van der Waals surface area contributed by atoms with E-state index in [9.17, 15) is 9.59 Å². The van der Waals surface area contributed by atoms with E-state index in [0.29, 0.717) is 12.3 Å². The number of carboxylic acids is 1. The summed E-state index contributed by atoms with van der Waals surface area (Å²) in [5, 5.41) is 11.7. The molecule has 1 aromatic rings. The van der Waals surface area contributed by atoms with Gasteiger partial charge in [0.05, 0.1) is 13.2 Å². The smallest absolute Gasteiger partial charge is 0.326 e. The third-order valence-corrected chi connectivity index (χ3v) is 3.26. The fraction of sp³-hybridized carbons (Fsp3) is 0.385. The third-order valence-electron chi connectivity index (χ3n) is 3.26. The second-order valence-corrected chi connectivity index (χ2v) is 4.45. The maximum Gasteiger partial charge on any atom is 0.326 e. The summed E-state index contributed by atoms with van der Waals surface area (Å²) in [7, 11) is 1.57. The number of rotatable bonds is 4. The van der Waals surface area contributed by atoms with E-state index in [4.69, 9.17) is 9.84 Å². The van der Waals surface area contributed by atoms with Crippen molar-refractivity contribution in [3.63, 3.8) is 0 Å². The van der Waals surface area contributed by atoms with Gasteiger partial charge in [0.25, 0.3) is 0 Å². The number of hydrogen-bond acceptors (Lipinski definition) is 3. The number of carbonyl (C=O) groups excluding carboxylic acids is 1. The average molecular weight is 264 g/mol. The number of amides is 2. The first-order valence-electron chi connectivity index (χ1n) is 5.97. The Kier molecular flexibility index (Phi) is 3.59. The van der Waals surface area contributed by atoms with Crippen LogP contribution in [0.4, 0.5) is 4.79 Å². The lowest BCUT2D eigenvalue weighted by Gasteiger charge is -2.19. The SMILES string of the molecule is COc1cccc(C2CN(C(C)C(=O)O)C(=O)N2)c1. The van der Waals surface area contributed by atoms with E-state index in [-0.39, 0.29) is 12.1 Å². The van der Waals surface area contributed by atoms with Crippen molar-refractivity contribution in [2.75, 3.05) is 13.7 Å². The van der Waals surface area contributed by atoms with E-state index >= 15 is 0 Å². The average Bonchev–Trinajstić information content (AvgIpc) is 2.80. The zero-order valence-corrected chi connectivity index (χ0v) is 10.8. The summed E-state index contributed by atoms with van der Waals surface area (Å²) in [6, 6.07) is 5.95. The molecule has 1 heterocycles. The number of aliphatic carboxylic acids is 1. The van der Waals surface area contributed by atoms with Gasteiger partial charge in [-0.3, -0.25) is 0 Å². The van der Waals surface area contributed by atoms with Crippen LogP contribution >= 0.6 is 0 Å². The third kappa shape index (κ3) is 2.62. The molecule has 6 nitrogen and oxygen atoms in total. The van der Waals surface area contributed by atoms with Gasteiger partial charge in [-0.2, -0.15) is 0 Å². The first-order chi connectivity index (χ1) is 9.02. The van der Waals surface area contributed by atoms with Crippen LogP contribution in [-0.4, -0.2) is 41.7 Å². The molecule has 2 N–H and O–H groups in total. The van der Waals surface area contributed by atoms with E-state index in [1.54, 1.807) is 7.11 Å². The summed E-state index contributed by atoms with van der Waals surface area (Å²) >= 11 is 0. The van der Waals surface area contributed by atoms with Gasteiger partial charge in [-0.15, -0.1) is 0 Å². The lowest BCUT2D eigenvalue weighted by atomic mass is 10.1. The summed E-state index contributed by atoms with van der Waals surface area (Å²) in [5.74, 6) is -0.307. The zero-order chi connectivity index (χ0) is 14.0. The second kappa shape index (κ2) is 5.17. The molecule has 0 saturated carbocycles. The van der Waals surface area contributed by atoms with Crippen molar-refractivity contribution in [2.45, 2.75) is 19.0 Å². The van der Waals surface area contributed by atoms with Gasteiger partial charge in [-0.25, -0.2) is 9.59 Å². The van der Waals surface area contributed by atoms with Crippen molar-refractivity contribution in [1.29, 1.82) is 0 Å². The Hall–Kier alpha value is -2.24. The Bertz CT molecular complexity index is 503. The fourth-order valence-corrected chi connectivity index (χ4v) is 2.07. The highest BCUT2D eigenvalue weighted by Gasteiger charge is 2.35. The van der Waals surface area contributed by atoms with Gasteiger partial charge in [-0.1, -0.05) is 12.1 Å². The molecule has 2 rings (SSSR count). The van der Waals surface area contributed by atoms with Gasteiger partial charge in [0.1, 0.15) is 11.8 Å². The minimum atomic E-state index is -1.01. The summed E-state index contributed by atoms with van der Waals surface area (Å²) in [6.45, 7) is 1.83. The van der Waals surface area contributed by atoms with Crippen molar-refractivity contribution in [2.24, 2.45) is 0 Å². The highest BCUT2D eigenvalue weighted by atomic mass is 16.5. The van der Waals surface area contributed by atoms with Crippen LogP contribution in [0.3, 0.4) is 0 Å². The number of methoxy groups -OCH3 is 1. The lowest BCUT2D eigenvalue weighted by molar-refractivity contribution is -0.141. The van der Waals surface area contributed by atoms with Gasteiger partial charge in [0.2, 0.25) is 0 Å². The maximum atomic E-state index is 11.8. The van der Waals surface area contributed by atoms with E-state index in [0.717, 1.165) is 5.56 Å². The van der Waals surface area contributed by atoms with Crippen molar-refractivity contribution in [3.05, 3.63) is 29.8 Å². The normalized spacial score (nSPS) is 20.0. The van der Waals surface area contributed by atoms with Crippen LogP contribution in [0.5, 0.6) is 5.75 Å². The molecule has 0 aliphatic carbocycles. The van der Waals surface area contributed by atoms with Crippen molar-refractivity contribution in [1.82, 2.24) is 10.2 Å². The van der Waals surface area contributed by atoms with Crippen molar-refractivity contribution >= 4 is 12.0 Å². The van der Waals surface area contributed by atoms with E-state index in [1.807, 2.05) is 24.3 Å². The van der Waals surface area contributed by atoms with Gasteiger partial charge in [-0.05, 0) is 24.6 Å². The molecule has 2 atom stereocenters. The van der Waals surface area contributed by atoms with Crippen molar-refractivity contribution < 1.29 is 19.4 Å². The molecular formula is C13H16N2O4. The first kappa shape index (κ1) is 13.2. The highest BCUT2D eigenvalue weighted by Crippen LogP contribution is 2.24. The molecule has 1 aliphatic rings. The Balaban J connectivity index is 2.16. The molecule has 0 spiro atoms. The minimum absolute atomic E-state index is 0.218. The number of carbonyl (C=O) groups is 2. The van der Waals surface area contributed by atoms with E-state index < -0.39 is 12.0 Å². The topological polar surface area (TPSA) is 78.9 Å². The van der Waals surface area contributed by atoms with Gasteiger partial charge < -0.3 is 20.1 Å². The molecule has 6 heteroatoms. The minimum Gasteiger partial charge on any atom is -0.497 e.